The Bertz CT molecular complexity index is 1100. The third kappa shape index (κ3) is 4.43. The average Bonchev–Trinajstić information content (AvgIpc) is 2.72. The van der Waals surface area contributed by atoms with Crippen molar-refractivity contribution < 1.29 is 22.4 Å². The van der Waals surface area contributed by atoms with Crippen LogP contribution in [-0.4, -0.2) is 5.91 Å². The van der Waals surface area contributed by atoms with Crippen molar-refractivity contribution in [2.45, 2.75) is 12.7 Å². The zero-order chi connectivity index (χ0) is 21.0. The summed E-state index contributed by atoms with van der Waals surface area (Å²) < 4.78 is 52.6. The molecule has 29 heavy (non-hydrogen) atoms. The fourth-order valence-corrected chi connectivity index (χ4v) is 2.97. The molecule has 146 valence electrons. The lowest BCUT2D eigenvalue weighted by Gasteiger charge is -2.15. The fourth-order valence-electron chi connectivity index (χ4n) is 2.97. The number of carbonyl (C=O) groups is 1. The number of benzene rings is 3. The number of hydrogen-bond donors (Lipinski definition) is 1. The molecular weight excluding hydrogens is 384 g/mol. The Morgan fingerprint density at radius 1 is 0.966 bits per heavy atom. The Morgan fingerprint density at radius 2 is 1.62 bits per heavy atom. The third-order valence-corrected chi connectivity index (χ3v) is 4.33. The monoisotopic (exact) mass is 398 g/mol. The number of amides is 1. The summed E-state index contributed by atoms with van der Waals surface area (Å²) in [6.45, 7) is -0.428. The molecule has 0 radical (unpaired) electrons. The smallest absolute Gasteiger partial charge is 0.348 e. The van der Waals surface area contributed by atoms with E-state index < -0.39 is 30.0 Å². The molecule has 0 atom stereocenters. The third-order valence-electron chi connectivity index (χ3n) is 4.33. The first kappa shape index (κ1) is 20.1. The Kier molecular flexibility index (Phi) is 5.64. The number of hydrogen-bond acceptors (Lipinski definition) is 2. The quantitative estimate of drug-likeness (QED) is 0.606. The van der Waals surface area contributed by atoms with Crippen LogP contribution in [0.2, 0.25) is 0 Å². The van der Waals surface area contributed by atoms with Gasteiger partial charge in [0.1, 0.15) is 5.82 Å². The molecule has 0 aliphatic heterocycles. The van der Waals surface area contributed by atoms with E-state index in [1.54, 1.807) is 42.5 Å². The van der Waals surface area contributed by atoms with E-state index in [2.05, 4.69) is 11.4 Å². The number of alkyl halides is 3. The van der Waals surface area contributed by atoms with Gasteiger partial charge in [-0.15, -0.1) is 0 Å². The molecular formula is C22H14F4N2O. The second kappa shape index (κ2) is 8.15. The molecule has 0 unspecified atom stereocenters. The van der Waals surface area contributed by atoms with Crippen molar-refractivity contribution in [2.24, 2.45) is 0 Å². The Hall–Kier alpha value is -3.66. The van der Waals surface area contributed by atoms with Crippen LogP contribution in [0.15, 0.2) is 66.7 Å². The molecule has 0 aliphatic rings. The number of nitriles is 1. The summed E-state index contributed by atoms with van der Waals surface area (Å²) in [4.78, 5) is 12.7. The minimum absolute atomic E-state index is 0.214. The highest BCUT2D eigenvalue weighted by Gasteiger charge is 2.33. The van der Waals surface area contributed by atoms with Gasteiger partial charge in [-0.2, -0.15) is 18.4 Å². The molecule has 0 spiro atoms. The highest BCUT2D eigenvalue weighted by atomic mass is 19.4. The SMILES string of the molecule is N#Cc1ccccc1-c1ccccc1C(=O)NCc1ccc(F)cc1C(F)(F)F. The van der Waals surface area contributed by atoms with Gasteiger partial charge >= 0.3 is 6.18 Å². The molecule has 0 heterocycles. The minimum Gasteiger partial charge on any atom is -0.348 e. The van der Waals surface area contributed by atoms with Gasteiger partial charge in [0.05, 0.1) is 17.2 Å². The van der Waals surface area contributed by atoms with Crippen molar-refractivity contribution in [1.29, 1.82) is 5.26 Å². The topological polar surface area (TPSA) is 52.9 Å². The van der Waals surface area contributed by atoms with E-state index in [9.17, 15) is 27.6 Å². The van der Waals surface area contributed by atoms with Gasteiger partial charge in [-0.25, -0.2) is 4.39 Å². The molecule has 1 N–H and O–H groups in total. The van der Waals surface area contributed by atoms with Gasteiger partial charge in [-0.05, 0) is 35.4 Å². The van der Waals surface area contributed by atoms with E-state index in [4.69, 9.17) is 0 Å². The van der Waals surface area contributed by atoms with E-state index in [-0.39, 0.29) is 11.1 Å². The first-order valence-corrected chi connectivity index (χ1v) is 8.53. The molecule has 3 rings (SSSR count). The largest absolute Gasteiger partial charge is 0.416 e. The van der Waals surface area contributed by atoms with Crippen LogP contribution in [0.3, 0.4) is 0 Å². The molecule has 0 bridgehead atoms. The van der Waals surface area contributed by atoms with Crippen LogP contribution in [0.5, 0.6) is 0 Å². The van der Waals surface area contributed by atoms with Crippen molar-refractivity contribution >= 4 is 5.91 Å². The van der Waals surface area contributed by atoms with Crippen LogP contribution in [-0.2, 0) is 12.7 Å². The standard InChI is InChI=1S/C22H14F4N2O/c23-16-10-9-15(20(11-16)22(24,25)26)13-28-21(29)19-8-4-3-7-18(19)17-6-2-1-5-14(17)12-27/h1-11H,13H2,(H,28,29). The van der Waals surface area contributed by atoms with Gasteiger partial charge in [0.15, 0.2) is 0 Å². The van der Waals surface area contributed by atoms with Crippen molar-refractivity contribution in [3.05, 3.63) is 94.8 Å². The lowest BCUT2D eigenvalue weighted by Crippen LogP contribution is -2.25. The highest BCUT2D eigenvalue weighted by molar-refractivity contribution is 6.01. The number of nitrogens with one attached hydrogen (secondary N) is 1. The predicted octanol–water partition coefficient (Wildman–Crippen LogP) is 5.31. The maximum Gasteiger partial charge on any atom is 0.416 e. The maximum absolute atomic E-state index is 13.2. The van der Waals surface area contributed by atoms with Gasteiger partial charge in [-0.3, -0.25) is 4.79 Å². The van der Waals surface area contributed by atoms with Crippen LogP contribution in [0.25, 0.3) is 11.1 Å². The molecule has 7 heteroatoms. The summed E-state index contributed by atoms with van der Waals surface area (Å²) in [6, 6.07) is 17.6. The lowest BCUT2D eigenvalue weighted by atomic mass is 9.95. The fraction of sp³-hybridized carbons (Fsp3) is 0.0909. The van der Waals surface area contributed by atoms with E-state index in [1.165, 1.54) is 6.07 Å². The van der Waals surface area contributed by atoms with Crippen LogP contribution in [0, 0.1) is 17.1 Å². The molecule has 3 aromatic rings. The summed E-state index contributed by atoms with van der Waals surface area (Å²) >= 11 is 0. The normalized spacial score (nSPS) is 11.0. The molecule has 0 saturated carbocycles. The predicted molar refractivity (Wildman–Crippen MR) is 99.2 cm³/mol. The van der Waals surface area contributed by atoms with Gasteiger partial charge < -0.3 is 5.32 Å². The summed E-state index contributed by atoms with van der Waals surface area (Å²) in [5, 5.41) is 11.8. The Morgan fingerprint density at radius 3 is 2.31 bits per heavy atom. The molecule has 0 aliphatic carbocycles. The Balaban J connectivity index is 1.90. The average molecular weight is 398 g/mol. The first-order valence-electron chi connectivity index (χ1n) is 8.53. The van der Waals surface area contributed by atoms with Gasteiger partial charge in [-0.1, -0.05) is 42.5 Å². The van der Waals surface area contributed by atoms with Crippen molar-refractivity contribution in [1.82, 2.24) is 5.32 Å². The minimum atomic E-state index is -4.74. The van der Waals surface area contributed by atoms with Crippen LogP contribution in [0.1, 0.15) is 27.0 Å². The van der Waals surface area contributed by atoms with E-state index in [1.807, 2.05) is 0 Å². The molecule has 0 saturated heterocycles. The van der Waals surface area contributed by atoms with Crippen LogP contribution >= 0.6 is 0 Å². The second-order valence-corrected chi connectivity index (χ2v) is 6.18. The number of halogens is 4. The molecule has 0 fully saturated rings. The summed E-state index contributed by atoms with van der Waals surface area (Å²) in [5.41, 5.74) is 0.218. The first-order chi connectivity index (χ1) is 13.8. The molecule has 3 nitrogen and oxygen atoms in total. The summed E-state index contributed by atoms with van der Waals surface area (Å²) in [6.07, 6.45) is -4.74. The lowest BCUT2D eigenvalue weighted by molar-refractivity contribution is -0.138. The van der Waals surface area contributed by atoms with Crippen LogP contribution < -0.4 is 5.32 Å². The van der Waals surface area contributed by atoms with Gasteiger partial charge in [0, 0.05) is 17.7 Å². The van der Waals surface area contributed by atoms with Crippen molar-refractivity contribution in [3.63, 3.8) is 0 Å². The highest BCUT2D eigenvalue weighted by Crippen LogP contribution is 2.33. The van der Waals surface area contributed by atoms with Crippen molar-refractivity contribution in [3.8, 4) is 17.2 Å². The molecule has 1 amide bonds. The van der Waals surface area contributed by atoms with E-state index >= 15 is 0 Å². The number of rotatable bonds is 4. The van der Waals surface area contributed by atoms with Gasteiger partial charge in [0.2, 0.25) is 0 Å². The van der Waals surface area contributed by atoms with Crippen molar-refractivity contribution in [2.75, 3.05) is 0 Å². The van der Waals surface area contributed by atoms with Crippen LogP contribution in [0.4, 0.5) is 17.6 Å². The number of carbonyl (C=O) groups excluding carboxylic acids is 1. The second-order valence-electron chi connectivity index (χ2n) is 6.18. The molecule has 3 aromatic carbocycles. The Labute approximate surface area is 164 Å². The summed E-state index contributed by atoms with van der Waals surface area (Å²) in [7, 11) is 0. The van der Waals surface area contributed by atoms with Gasteiger partial charge in [0.25, 0.3) is 5.91 Å². The number of nitrogens with zero attached hydrogens (tertiary/aromatic N) is 1. The maximum atomic E-state index is 13.2. The summed E-state index contributed by atoms with van der Waals surface area (Å²) in [5.74, 6) is -1.61. The molecule has 0 aromatic heterocycles. The van der Waals surface area contributed by atoms with E-state index in [0.29, 0.717) is 22.8 Å². The van der Waals surface area contributed by atoms with E-state index in [0.717, 1.165) is 12.1 Å². The zero-order valence-corrected chi connectivity index (χ0v) is 14.9. The zero-order valence-electron chi connectivity index (χ0n) is 14.9.